The Balaban J connectivity index is 1.91. The maximum absolute atomic E-state index is 12.5. The lowest BCUT2D eigenvalue weighted by molar-refractivity contribution is 0.438. The average molecular weight is 291 g/mol. The lowest BCUT2D eigenvalue weighted by Gasteiger charge is -2.23. The second-order valence-corrected chi connectivity index (χ2v) is 6.81. The number of aryl methyl sites for hydroxylation is 2. The molecule has 0 fully saturated rings. The molecule has 0 spiro atoms. The van der Waals surface area contributed by atoms with Crippen LogP contribution in [0.1, 0.15) is 35.8 Å². The van der Waals surface area contributed by atoms with E-state index in [-0.39, 0.29) is 6.04 Å². The van der Waals surface area contributed by atoms with Gasteiger partial charge in [0.25, 0.3) is 0 Å². The molecule has 3 rings (SSSR count). The van der Waals surface area contributed by atoms with Crippen molar-refractivity contribution in [1.82, 2.24) is 4.72 Å². The lowest BCUT2D eigenvalue weighted by atomic mass is 9.94. The summed E-state index contributed by atoms with van der Waals surface area (Å²) in [7, 11) is -3.50. The van der Waals surface area contributed by atoms with Crippen LogP contribution >= 0.6 is 0 Å². The molecule has 106 valence electrons. The molecule has 2 aromatic rings. The first-order chi connectivity index (χ1) is 9.58. The summed E-state index contributed by atoms with van der Waals surface area (Å²) in [6, 6.07) is 8.69. The zero-order valence-corrected chi connectivity index (χ0v) is 12.1. The molecule has 1 aromatic heterocycles. The molecule has 4 nitrogen and oxygen atoms in total. The van der Waals surface area contributed by atoms with Crippen molar-refractivity contribution in [3.8, 4) is 0 Å². The van der Waals surface area contributed by atoms with Gasteiger partial charge in [-0.1, -0.05) is 18.2 Å². The molecule has 1 atom stereocenters. The molecule has 1 N–H and O–H groups in total. The lowest BCUT2D eigenvalue weighted by Crippen LogP contribution is -2.31. The van der Waals surface area contributed by atoms with Gasteiger partial charge in [0.1, 0.15) is 5.76 Å². The highest BCUT2D eigenvalue weighted by molar-refractivity contribution is 7.89. The molecule has 0 saturated heterocycles. The molecule has 1 aliphatic rings. The Morgan fingerprint density at radius 3 is 2.85 bits per heavy atom. The van der Waals surface area contributed by atoms with Gasteiger partial charge in [0.05, 0.1) is 17.2 Å². The standard InChI is InChI=1S/C15H17NO3S/c1-11-5-2-3-8-15(11)20(17,18)16-13-6-4-7-14-12(13)9-10-19-14/h2-3,5,8-10,13,16H,4,6-7H2,1H3. The van der Waals surface area contributed by atoms with E-state index >= 15 is 0 Å². The zero-order chi connectivity index (χ0) is 14.2. The second-order valence-electron chi connectivity index (χ2n) is 5.13. The van der Waals surface area contributed by atoms with E-state index < -0.39 is 10.0 Å². The van der Waals surface area contributed by atoms with E-state index in [9.17, 15) is 8.42 Å². The molecule has 1 aromatic carbocycles. The van der Waals surface area contributed by atoms with Crippen molar-refractivity contribution in [3.05, 3.63) is 53.5 Å². The molecule has 5 heteroatoms. The van der Waals surface area contributed by atoms with E-state index in [2.05, 4.69) is 4.72 Å². The number of rotatable bonds is 3. The number of nitrogens with one attached hydrogen (secondary N) is 1. The highest BCUT2D eigenvalue weighted by atomic mass is 32.2. The number of sulfonamides is 1. The van der Waals surface area contributed by atoms with Gasteiger partial charge in [-0.2, -0.15) is 0 Å². The van der Waals surface area contributed by atoms with Crippen LogP contribution in [0.4, 0.5) is 0 Å². The van der Waals surface area contributed by atoms with Crippen molar-refractivity contribution < 1.29 is 12.8 Å². The third-order valence-corrected chi connectivity index (χ3v) is 5.36. The predicted molar refractivity (Wildman–Crippen MR) is 75.9 cm³/mol. The molecule has 0 bridgehead atoms. The summed E-state index contributed by atoms with van der Waals surface area (Å²) in [5.41, 5.74) is 1.72. The van der Waals surface area contributed by atoms with E-state index in [4.69, 9.17) is 4.42 Å². The van der Waals surface area contributed by atoms with Gasteiger partial charge >= 0.3 is 0 Å². The van der Waals surface area contributed by atoms with Crippen LogP contribution in [0.25, 0.3) is 0 Å². The Hall–Kier alpha value is -1.59. The predicted octanol–water partition coefficient (Wildman–Crippen LogP) is 2.94. The van der Waals surface area contributed by atoms with Crippen LogP contribution in [-0.4, -0.2) is 8.42 Å². The van der Waals surface area contributed by atoms with Crippen LogP contribution in [0.2, 0.25) is 0 Å². The summed E-state index contributed by atoms with van der Waals surface area (Å²) in [6.07, 6.45) is 4.25. The molecule has 20 heavy (non-hydrogen) atoms. The molecule has 0 aliphatic heterocycles. The highest BCUT2D eigenvalue weighted by Gasteiger charge is 2.27. The Bertz CT molecular complexity index is 718. The van der Waals surface area contributed by atoms with Crippen LogP contribution in [-0.2, 0) is 16.4 Å². The minimum absolute atomic E-state index is 0.192. The number of hydrogen-bond acceptors (Lipinski definition) is 3. The fourth-order valence-electron chi connectivity index (χ4n) is 2.72. The third kappa shape index (κ3) is 2.39. The quantitative estimate of drug-likeness (QED) is 0.946. The molecular formula is C15H17NO3S. The Morgan fingerprint density at radius 2 is 2.05 bits per heavy atom. The van der Waals surface area contributed by atoms with Gasteiger partial charge in [0, 0.05) is 12.0 Å². The van der Waals surface area contributed by atoms with Gasteiger partial charge in [-0.25, -0.2) is 13.1 Å². The number of hydrogen-bond donors (Lipinski definition) is 1. The summed E-state index contributed by atoms with van der Waals surface area (Å²) < 4.78 is 33.2. The first-order valence-electron chi connectivity index (χ1n) is 6.72. The van der Waals surface area contributed by atoms with Gasteiger partial charge in [-0.05, 0) is 37.5 Å². The van der Waals surface area contributed by atoms with E-state index in [0.717, 1.165) is 36.1 Å². The molecule has 1 unspecified atom stereocenters. The molecule has 1 heterocycles. The van der Waals surface area contributed by atoms with E-state index in [1.807, 2.05) is 12.1 Å². The van der Waals surface area contributed by atoms with Crippen LogP contribution in [0.3, 0.4) is 0 Å². The summed E-state index contributed by atoms with van der Waals surface area (Å²) in [4.78, 5) is 0.343. The zero-order valence-electron chi connectivity index (χ0n) is 11.3. The summed E-state index contributed by atoms with van der Waals surface area (Å²) in [5.74, 6) is 0.897. The average Bonchev–Trinajstić information content (AvgIpc) is 2.88. The van der Waals surface area contributed by atoms with Crippen molar-refractivity contribution in [2.75, 3.05) is 0 Å². The fourth-order valence-corrected chi connectivity index (χ4v) is 4.21. The number of furan rings is 1. The topological polar surface area (TPSA) is 59.3 Å². The molecule has 0 radical (unpaired) electrons. The van der Waals surface area contributed by atoms with Crippen molar-refractivity contribution in [3.63, 3.8) is 0 Å². The fraction of sp³-hybridized carbons (Fsp3) is 0.333. The molecule has 1 aliphatic carbocycles. The summed E-state index contributed by atoms with van der Waals surface area (Å²) in [6.45, 7) is 1.80. The van der Waals surface area contributed by atoms with Crippen LogP contribution in [0.15, 0.2) is 45.9 Å². The maximum Gasteiger partial charge on any atom is 0.241 e. The van der Waals surface area contributed by atoms with Gasteiger partial charge in [0.2, 0.25) is 10.0 Å². The van der Waals surface area contributed by atoms with E-state index in [1.165, 1.54) is 0 Å². The Kier molecular flexibility index (Phi) is 3.40. The normalized spacial score (nSPS) is 18.8. The Labute approximate surface area is 118 Å². The maximum atomic E-state index is 12.5. The SMILES string of the molecule is Cc1ccccc1S(=O)(=O)NC1CCCc2occc21. The first-order valence-corrected chi connectivity index (χ1v) is 8.20. The number of benzene rings is 1. The molecule has 0 saturated carbocycles. The van der Waals surface area contributed by atoms with Crippen molar-refractivity contribution in [1.29, 1.82) is 0 Å². The van der Waals surface area contributed by atoms with Gasteiger partial charge in [-0.3, -0.25) is 0 Å². The van der Waals surface area contributed by atoms with Crippen molar-refractivity contribution in [2.24, 2.45) is 0 Å². The van der Waals surface area contributed by atoms with Gasteiger partial charge < -0.3 is 4.42 Å². The highest BCUT2D eigenvalue weighted by Crippen LogP contribution is 2.31. The minimum Gasteiger partial charge on any atom is -0.469 e. The smallest absolute Gasteiger partial charge is 0.241 e. The monoisotopic (exact) mass is 291 g/mol. The molecule has 0 amide bonds. The van der Waals surface area contributed by atoms with Crippen LogP contribution in [0.5, 0.6) is 0 Å². The molecular weight excluding hydrogens is 274 g/mol. The van der Waals surface area contributed by atoms with E-state index in [0.29, 0.717) is 4.90 Å². The Morgan fingerprint density at radius 1 is 1.25 bits per heavy atom. The van der Waals surface area contributed by atoms with Gasteiger partial charge in [-0.15, -0.1) is 0 Å². The van der Waals surface area contributed by atoms with Crippen LogP contribution in [0, 0.1) is 6.92 Å². The largest absolute Gasteiger partial charge is 0.469 e. The second kappa shape index (κ2) is 5.07. The van der Waals surface area contributed by atoms with E-state index in [1.54, 1.807) is 31.4 Å². The third-order valence-electron chi connectivity index (χ3n) is 3.73. The van der Waals surface area contributed by atoms with Gasteiger partial charge in [0.15, 0.2) is 0 Å². The minimum atomic E-state index is -3.50. The first kappa shape index (κ1) is 13.4. The number of fused-ring (bicyclic) bond motifs is 1. The van der Waals surface area contributed by atoms with Crippen LogP contribution < -0.4 is 4.72 Å². The van der Waals surface area contributed by atoms with Crippen molar-refractivity contribution >= 4 is 10.0 Å². The van der Waals surface area contributed by atoms with Crippen molar-refractivity contribution in [2.45, 2.75) is 37.1 Å². The summed E-state index contributed by atoms with van der Waals surface area (Å²) >= 11 is 0. The summed E-state index contributed by atoms with van der Waals surface area (Å²) in [5, 5.41) is 0.